The van der Waals surface area contributed by atoms with E-state index in [-0.39, 0.29) is 18.0 Å². The van der Waals surface area contributed by atoms with Crippen LogP contribution in [0.4, 0.5) is 11.4 Å². The van der Waals surface area contributed by atoms with Crippen molar-refractivity contribution in [3.05, 3.63) is 108 Å². The van der Waals surface area contributed by atoms with Crippen LogP contribution in [0.2, 0.25) is 0 Å². The molecule has 0 bridgehead atoms. The van der Waals surface area contributed by atoms with Crippen LogP contribution in [0.25, 0.3) is 0 Å². The van der Waals surface area contributed by atoms with Gasteiger partial charge in [-0.3, -0.25) is 14.8 Å². The highest BCUT2D eigenvalue weighted by molar-refractivity contribution is 7.80. The van der Waals surface area contributed by atoms with Gasteiger partial charge in [-0.25, -0.2) is 0 Å². The Bertz CT molecular complexity index is 1370. The number of nitrogens with one attached hydrogen (secondary N) is 2. The molecule has 2 N–H and O–H groups in total. The summed E-state index contributed by atoms with van der Waals surface area (Å²) < 4.78 is 2.22. The summed E-state index contributed by atoms with van der Waals surface area (Å²) in [6.07, 6.45) is 6.13. The zero-order valence-electron chi connectivity index (χ0n) is 20.3. The summed E-state index contributed by atoms with van der Waals surface area (Å²) in [6.45, 7) is 4.49. The number of carbonyl (C=O) groups is 1. The van der Waals surface area contributed by atoms with E-state index in [9.17, 15) is 4.79 Å². The van der Waals surface area contributed by atoms with Gasteiger partial charge in [-0.15, -0.1) is 0 Å². The second kappa shape index (κ2) is 10.3. The zero-order chi connectivity index (χ0) is 25.1. The van der Waals surface area contributed by atoms with E-state index < -0.39 is 0 Å². The third-order valence-corrected chi connectivity index (χ3v) is 6.72. The largest absolute Gasteiger partial charge is 0.351 e. The molecule has 5 rings (SSSR count). The van der Waals surface area contributed by atoms with Gasteiger partial charge in [0.1, 0.15) is 6.04 Å². The highest BCUT2D eigenvalue weighted by Crippen LogP contribution is 2.42. The first-order chi connectivity index (χ1) is 17.5. The Balaban J connectivity index is 1.56. The van der Waals surface area contributed by atoms with Crippen LogP contribution in [0.1, 0.15) is 48.1 Å². The number of anilines is 2. The van der Waals surface area contributed by atoms with E-state index in [0.29, 0.717) is 18.1 Å². The molecule has 8 heteroatoms. The van der Waals surface area contributed by atoms with Gasteiger partial charge < -0.3 is 20.1 Å². The summed E-state index contributed by atoms with van der Waals surface area (Å²) >= 11 is 5.88. The van der Waals surface area contributed by atoms with Crippen molar-refractivity contribution in [2.45, 2.75) is 38.9 Å². The monoisotopic (exact) mass is 496 g/mol. The van der Waals surface area contributed by atoms with Gasteiger partial charge in [-0.05, 0) is 79.3 Å². The second-order valence-corrected chi connectivity index (χ2v) is 9.17. The number of hydrogen-bond acceptors (Lipinski definition) is 4. The molecule has 1 saturated heterocycles. The maximum absolute atomic E-state index is 12.0. The molecular weight excluding hydrogens is 468 g/mol. The first kappa shape index (κ1) is 23.7. The molecule has 182 valence electrons. The minimum Gasteiger partial charge on any atom is -0.351 e. The fourth-order valence-electron chi connectivity index (χ4n) is 4.62. The SMILES string of the molecule is CCC(=O)Nc1ccc(N2C(=S)N[C@H](c3ccccn3)[C@H]2c2cccn2Cc2ccccn2)cc1C. The molecule has 0 aliphatic carbocycles. The van der Waals surface area contributed by atoms with E-state index in [1.54, 1.807) is 0 Å². The van der Waals surface area contributed by atoms with E-state index in [0.717, 1.165) is 34.0 Å². The first-order valence-electron chi connectivity index (χ1n) is 12.0. The van der Waals surface area contributed by atoms with Crippen molar-refractivity contribution >= 4 is 34.6 Å². The molecule has 0 spiro atoms. The number of benzene rings is 1. The first-order valence-corrected chi connectivity index (χ1v) is 12.4. The Morgan fingerprint density at radius 2 is 1.86 bits per heavy atom. The number of nitrogens with zero attached hydrogens (tertiary/aromatic N) is 4. The molecule has 0 unspecified atom stereocenters. The average Bonchev–Trinajstić information content (AvgIpc) is 3.49. The molecule has 1 fully saturated rings. The minimum absolute atomic E-state index is 0.00958. The molecular formula is C28H28N6OS. The van der Waals surface area contributed by atoms with Crippen LogP contribution in [0, 0.1) is 6.92 Å². The molecule has 0 radical (unpaired) electrons. The van der Waals surface area contributed by atoms with Gasteiger partial charge in [0.05, 0.1) is 24.0 Å². The van der Waals surface area contributed by atoms with Crippen LogP contribution in [0.15, 0.2) is 85.3 Å². The van der Waals surface area contributed by atoms with E-state index in [4.69, 9.17) is 12.2 Å². The van der Waals surface area contributed by atoms with Gasteiger partial charge in [-0.2, -0.15) is 0 Å². The standard InChI is InChI=1S/C28H28N6OS/c1-3-25(35)31-22-13-12-21(17-19(22)2)34-27(26(32-28(34)36)23-10-5-7-15-30-23)24-11-8-16-33(24)18-20-9-4-6-14-29-20/h4-17,26-27H,3,18H2,1-2H3,(H,31,35)(H,32,36)/t26-,27-/m1/s1. The summed E-state index contributed by atoms with van der Waals surface area (Å²) in [5.41, 5.74) is 5.73. The Kier molecular flexibility index (Phi) is 6.77. The molecule has 4 aromatic rings. The molecule has 7 nitrogen and oxygen atoms in total. The number of rotatable bonds is 7. The topological polar surface area (TPSA) is 75.1 Å². The fourth-order valence-corrected chi connectivity index (χ4v) is 4.96. The number of pyridine rings is 2. The summed E-state index contributed by atoms with van der Waals surface area (Å²) in [5, 5.41) is 7.12. The summed E-state index contributed by atoms with van der Waals surface area (Å²) in [5.74, 6) is -0.00958. The predicted molar refractivity (Wildman–Crippen MR) is 146 cm³/mol. The van der Waals surface area contributed by atoms with Crippen molar-refractivity contribution in [2.24, 2.45) is 0 Å². The van der Waals surface area contributed by atoms with Crippen molar-refractivity contribution in [1.82, 2.24) is 19.9 Å². The quantitative estimate of drug-likeness (QED) is 0.344. The Morgan fingerprint density at radius 3 is 2.56 bits per heavy atom. The van der Waals surface area contributed by atoms with Crippen LogP contribution >= 0.6 is 12.2 Å². The van der Waals surface area contributed by atoms with E-state index in [1.165, 1.54) is 0 Å². The highest BCUT2D eigenvalue weighted by atomic mass is 32.1. The molecule has 1 aliphatic heterocycles. The van der Waals surface area contributed by atoms with Gasteiger partial charge in [0.15, 0.2) is 5.11 Å². The van der Waals surface area contributed by atoms with Gasteiger partial charge >= 0.3 is 0 Å². The van der Waals surface area contributed by atoms with Gasteiger partial charge in [0.2, 0.25) is 5.91 Å². The third-order valence-electron chi connectivity index (χ3n) is 6.41. The third kappa shape index (κ3) is 4.72. The average molecular weight is 497 g/mol. The zero-order valence-corrected chi connectivity index (χ0v) is 21.1. The van der Waals surface area contributed by atoms with Gasteiger partial charge in [0.25, 0.3) is 0 Å². The maximum Gasteiger partial charge on any atom is 0.224 e. The number of amides is 1. The molecule has 0 saturated carbocycles. The van der Waals surface area contributed by atoms with Crippen molar-refractivity contribution in [3.8, 4) is 0 Å². The minimum atomic E-state index is -0.143. The number of carbonyl (C=O) groups excluding carboxylic acids is 1. The fraction of sp³-hybridized carbons (Fsp3) is 0.214. The lowest BCUT2D eigenvalue weighted by atomic mass is 10.0. The Morgan fingerprint density at radius 1 is 1.06 bits per heavy atom. The van der Waals surface area contributed by atoms with E-state index in [2.05, 4.69) is 54.5 Å². The van der Waals surface area contributed by atoms with Crippen LogP contribution in [0.3, 0.4) is 0 Å². The van der Waals surface area contributed by atoms with E-state index >= 15 is 0 Å². The highest BCUT2D eigenvalue weighted by Gasteiger charge is 2.42. The summed E-state index contributed by atoms with van der Waals surface area (Å²) in [7, 11) is 0. The van der Waals surface area contributed by atoms with E-state index in [1.807, 2.05) is 74.8 Å². The molecule has 1 aliphatic rings. The van der Waals surface area contributed by atoms with Crippen LogP contribution in [-0.2, 0) is 11.3 Å². The number of aryl methyl sites for hydroxylation is 1. The molecule has 2 atom stereocenters. The Labute approximate surface area is 216 Å². The van der Waals surface area contributed by atoms with Crippen LogP contribution in [-0.4, -0.2) is 25.6 Å². The van der Waals surface area contributed by atoms with Crippen LogP contribution < -0.4 is 15.5 Å². The molecule has 3 aromatic heterocycles. The lowest BCUT2D eigenvalue weighted by molar-refractivity contribution is -0.115. The lowest BCUT2D eigenvalue weighted by Crippen LogP contribution is -2.30. The van der Waals surface area contributed by atoms with Crippen molar-refractivity contribution in [2.75, 3.05) is 10.2 Å². The maximum atomic E-state index is 12.0. The van der Waals surface area contributed by atoms with Crippen molar-refractivity contribution < 1.29 is 4.79 Å². The van der Waals surface area contributed by atoms with Crippen LogP contribution in [0.5, 0.6) is 0 Å². The number of aromatic nitrogens is 3. The smallest absolute Gasteiger partial charge is 0.224 e. The summed E-state index contributed by atoms with van der Waals surface area (Å²) in [4.78, 5) is 23.3. The molecule has 36 heavy (non-hydrogen) atoms. The van der Waals surface area contributed by atoms with Gasteiger partial charge in [0, 0.05) is 42.1 Å². The molecule has 1 amide bonds. The van der Waals surface area contributed by atoms with Crippen molar-refractivity contribution in [3.63, 3.8) is 0 Å². The number of thiocarbonyl (C=S) groups is 1. The summed E-state index contributed by atoms with van der Waals surface area (Å²) in [6, 6.07) is 21.8. The number of hydrogen-bond donors (Lipinski definition) is 2. The van der Waals surface area contributed by atoms with Crippen molar-refractivity contribution in [1.29, 1.82) is 0 Å². The molecule has 1 aromatic carbocycles. The molecule has 4 heterocycles. The van der Waals surface area contributed by atoms with Gasteiger partial charge in [-0.1, -0.05) is 19.1 Å². The second-order valence-electron chi connectivity index (χ2n) is 8.78. The Hall–Kier alpha value is -4.04. The normalized spacial score (nSPS) is 17.2. The predicted octanol–water partition coefficient (Wildman–Crippen LogP) is 5.16. The lowest BCUT2D eigenvalue weighted by Gasteiger charge is -2.29.